The standard InChI is InChI=1S/C20H23FN2O3/c1-2-3-12-26-20(25)16-6-10-18(11-7-16)22-14-19(24)23-13-15-4-8-17(21)9-5-15/h4-11,22H,2-3,12-14H2,1H3,(H,23,24). The van der Waals surface area contributed by atoms with Crippen LogP contribution in [0, 0.1) is 5.82 Å². The number of unbranched alkanes of at least 4 members (excludes halogenated alkanes) is 1. The monoisotopic (exact) mass is 358 g/mol. The highest BCUT2D eigenvalue weighted by Gasteiger charge is 2.07. The molecule has 26 heavy (non-hydrogen) atoms. The summed E-state index contributed by atoms with van der Waals surface area (Å²) in [6.45, 7) is 2.89. The fourth-order valence-corrected chi connectivity index (χ4v) is 2.16. The van der Waals surface area contributed by atoms with Crippen molar-refractivity contribution in [1.29, 1.82) is 0 Å². The Morgan fingerprint density at radius 3 is 2.38 bits per heavy atom. The maximum absolute atomic E-state index is 12.8. The van der Waals surface area contributed by atoms with Crippen LogP contribution in [0.3, 0.4) is 0 Å². The molecule has 0 saturated heterocycles. The summed E-state index contributed by atoms with van der Waals surface area (Å²) in [5.41, 5.74) is 2.03. The molecule has 0 atom stereocenters. The molecular formula is C20H23FN2O3. The summed E-state index contributed by atoms with van der Waals surface area (Å²) in [4.78, 5) is 23.7. The van der Waals surface area contributed by atoms with Gasteiger partial charge >= 0.3 is 5.97 Å². The van der Waals surface area contributed by atoms with Gasteiger partial charge in [0.1, 0.15) is 5.82 Å². The Bertz CT molecular complexity index is 715. The number of anilines is 1. The van der Waals surface area contributed by atoms with E-state index in [0.717, 1.165) is 24.1 Å². The maximum atomic E-state index is 12.8. The minimum atomic E-state index is -0.345. The first-order valence-corrected chi connectivity index (χ1v) is 8.60. The molecule has 0 radical (unpaired) electrons. The van der Waals surface area contributed by atoms with Gasteiger partial charge in [-0.15, -0.1) is 0 Å². The summed E-state index contributed by atoms with van der Waals surface area (Å²) in [6, 6.07) is 12.7. The number of hydrogen-bond acceptors (Lipinski definition) is 4. The second kappa shape index (κ2) is 10.2. The van der Waals surface area contributed by atoms with Crippen LogP contribution in [0.4, 0.5) is 10.1 Å². The molecular weight excluding hydrogens is 335 g/mol. The van der Waals surface area contributed by atoms with Crippen LogP contribution >= 0.6 is 0 Å². The third-order valence-corrected chi connectivity index (χ3v) is 3.71. The van der Waals surface area contributed by atoms with Crippen molar-refractivity contribution in [3.8, 4) is 0 Å². The number of halogens is 1. The molecule has 0 aromatic heterocycles. The number of esters is 1. The zero-order chi connectivity index (χ0) is 18.8. The summed E-state index contributed by atoms with van der Waals surface area (Å²) in [5, 5.41) is 5.73. The number of benzene rings is 2. The molecule has 2 N–H and O–H groups in total. The third kappa shape index (κ3) is 6.55. The number of amides is 1. The van der Waals surface area contributed by atoms with Crippen LogP contribution in [0.15, 0.2) is 48.5 Å². The Morgan fingerprint density at radius 2 is 1.73 bits per heavy atom. The molecule has 0 aliphatic rings. The molecule has 6 heteroatoms. The minimum absolute atomic E-state index is 0.0987. The van der Waals surface area contributed by atoms with Crippen molar-refractivity contribution in [3.05, 3.63) is 65.5 Å². The molecule has 0 aliphatic carbocycles. The van der Waals surface area contributed by atoms with Gasteiger partial charge in [0, 0.05) is 12.2 Å². The van der Waals surface area contributed by atoms with E-state index in [-0.39, 0.29) is 24.2 Å². The number of nitrogens with one attached hydrogen (secondary N) is 2. The number of hydrogen-bond donors (Lipinski definition) is 2. The van der Waals surface area contributed by atoms with E-state index < -0.39 is 0 Å². The normalized spacial score (nSPS) is 10.2. The molecule has 0 heterocycles. The average Bonchev–Trinajstić information content (AvgIpc) is 2.66. The van der Waals surface area contributed by atoms with Gasteiger partial charge in [-0.2, -0.15) is 0 Å². The van der Waals surface area contributed by atoms with Crippen molar-refractivity contribution in [2.24, 2.45) is 0 Å². The molecule has 2 rings (SSSR count). The van der Waals surface area contributed by atoms with Crippen LogP contribution in [-0.2, 0) is 16.1 Å². The van der Waals surface area contributed by atoms with Gasteiger partial charge in [0.15, 0.2) is 0 Å². The van der Waals surface area contributed by atoms with Crippen molar-refractivity contribution in [2.45, 2.75) is 26.3 Å². The average molecular weight is 358 g/mol. The van der Waals surface area contributed by atoms with Crippen LogP contribution in [0.25, 0.3) is 0 Å². The predicted octanol–water partition coefficient (Wildman–Crippen LogP) is 3.51. The zero-order valence-corrected chi connectivity index (χ0v) is 14.8. The highest BCUT2D eigenvalue weighted by molar-refractivity contribution is 5.90. The molecule has 0 spiro atoms. The van der Waals surface area contributed by atoms with Crippen LogP contribution in [0.1, 0.15) is 35.7 Å². The Balaban J connectivity index is 1.73. The van der Waals surface area contributed by atoms with E-state index >= 15 is 0 Å². The molecule has 0 fully saturated rings. The second-order valence-corrected chi connectivity index (χ2v) is 5.82. The SMILES string of the molecule is CCCCOC(=O)c1ccc(NCC(=O)NCc2ccc(F)cc2)cc1. The highest BCUT2D eigenvalue weighted by atomic mass is 19.1. The smallest absolute Gasteiger partial charge is 0.338 e. The molecule has 1 amide bonds. The fraction of sp³-hybridized carbons (Fsp3) is 0.300. The number of carbonyl (C=O) groups is 2. The topological polar surface area (TPSA) is 67.4 Å². The lowest BCUT2D eigenvalue weighted by molar-refractivity contribution is -0.119. The first-order chi connectivity index (χ1) is 12.6. The van der Waals surface area contributed by atoms with E-state index in [1.807, 2.05) is 6.92 Å². The maximum Gasteiger partial charge on any atom is 0.338 e. The van der Waals surface area contributed by atoms with E-state index in [1.54, 1.807) is 36.4 Å². The van der Waals surface area contributed by atoms with E-state index in [2.05, 4.69) is 10.6 Å². The lowest BCUT2D eigenvalue weighted by atomic mass is 10.2. The summed E-state index contributed by atoms with van der Waals surface area (Å²) < 4.78 is 18.0. The van der Waals surface area contributed by atoms with Crippen molar-refractivity contribution < 1.29 is 18.7 Å². The summed E-state index contributed by atoms with van der Waals surface area (Å²) in [7, 11) is 0. The predicted molar refractivity (Wildman–Crippen MR) is 98.4 cm³/mol. The van der Waals surface area contributed by atoms with Gasteiger partial charge in [0.2, 0.25) is 5.91 Å². The third-order valence-electron chi connectivity index (χ3n) is 3.71. The molecule has 0 bridgehead atoms. The van der Waals surface area contributed by atoms with Crippen LogP contribution < -0.4 is 10.6 Å². The largest absolute Gasteiger partial charge is 0.462 e. The van der Waals surface area contributed by atoms with Crippen LogP contribution in [0.5, 0.6) is 0 Å². The Morgan fingerprint density at radius 1 is 1.04 bits per heavy atom. The summed E-state index contributed by atoms with van der Waals surface area (Å²) in [5.74, 6) is -0.834. The van der Waals surface area contributed by atoms with Crippen molar-refractivity contribution in [2.75, 3.05) is 18.5 Å². The van der Waals surface area contributed by atoms with E-state index in [9.17, 15) is 14.0 Å². The first-order valence-electron chi connectivity index (χ1n) is 8.60. The van der Waals surface area contributed by atoms with Crippen molar-refractivity contribution in [1.82, 2.24) is 5.32 Å². The van der Waals surface area contributed by atoms with Gasteiger partial charge < -0.3 is 15.4 Å². The van der Waals surface area contributed by atoms with E-state index in [0.29, 0.717) is 18.7 Å². The zero-order valence-electron chi connectivity index (χ0n) is 14.8. The van der Waals surface area contributed by atoms with Gasteiger partial charge in [-0.25, -0.2) is 9.18 Å². The molecule has 0 aliphatic heterocycles. The lowest BCUT2D eigenvalue weighted by Gasteiger charge is -2.09. The van der Waals surface area contributed by atoms with Gasteiger partial charge in [-0.05, 0) is 48.4 Å². The number of carbonyl (C=O) groups excluding carboxylic acids is 2. The molecule has 2 aromatic carbocycles. The molecule has 138 valence electrons. The summed E-state index contributed by atoms with van der Waals surface area (Å²) >= 11 is 0. The minimum Gasteiger partial charge on any atom is -0.462 e. The number of rotatable bonds is 9. The van der Waals surface area contributed by atoms with Gasteiger partial charge in [0.05, 0.1) is 18.7 Å². The fourth-order valence-electron chi connectivity index (χ4n) is 2.16. The van der Waals surface area contributed by atoms with E-state index in [1.165, 1.54) is 12.1 Å². The molecule has 0 unspecified atom stereocenters. The van der Waals surface area contributed by atoms with Crippen LogP contribution in [0.2, 0.25) is 0 Å². The Kier molecular flexibility index (Phi) is 7.61. The molecule has 2 aromatic rings. The van der Waals surface area contributed by atoms with Gasteiger partial charge in [-0.1, -0.05) is 25.5 Å². The van der Waals surface area contributed by atoms with Gasteiger partial charge in [0.25, 0.3) is 0 Å². The van der Waals surface area contributed by atoms with Crippen molar-refractivity contribution >= 4 is 17.6 Å². The molecule has 0 saturated carbocycles. The second-order valence-electron chi connectivity index (χ2n) is 5.82. The highest BCUT2D eigenvalue weighted by Crippen LogP contribution is 2.10. The lowest BCUT2D eigenvalue weighted by Crippen LogP contribution is -2.29. The van der Waals surface area contributed by atoms with Crippen molar-refractivity contribution in [3.63, 3.8) is 0 Å². The van der Waals surface area contributed by atoms with E-state index in [4.69, 9.17) is 4.74 Å². The molecule has 5 nitrogen and oxygen atoms in total. The number of ether oxygens (including phenoxy) is 1. The quantitative estimate of drug-likeness (QED) is 0.532. The first kappa shape index (κ1) is 19.4. The Hall–Kier alpha value is -2.89. The van der Waals surface area contributed by atoms with Crippen LogP contribution in [-0.4, -0.2) is 25.0 Å². The van der Waals surface area contributed by atoms with Gasteiger partial charge in [-0.3, -0.25) is 4.79 Å². The Labute approximate surface area is 152 Å². The summed E-state index contributed by atoms with van der Waals surface area (Å²) in [6.07, 6.45) is 1.82.